The molecule has 1 heterocycles. The molecule has 2 rings (SSSR count). The van der Waals surface area contributed by atoms with Gasteiger partial charge in [0.15, 0.2) is 0 Å². The van der Waals surface area contributed by atoms with Gasteiger partial charge in [0.2, 0.25) is 6.41 Å². The topological polar surface area (TPSA) is 70.7 Å². The second-order valence-electron chi connectivity index (χ2n) is 6.45. The molecule has 6 heteroatoms. The molecule has 138 valence electrons. The van der Waals surface area contributed by atoms with Crippen LogP contribution in [0, 0.1) is 0 Å². The lowest BCUT2D eigenvalue weighted by molar-refractivity contribution is -0.109. The summed E-state index contributed by atoms with van der Waals surface area (Å²) in [5.41, 5.74) is 1.33. The third-order valence-electron chi connectivity index (χ3n) is 4.44. The number of piperidine rings is 1. The van der Waals surface area contributed by atoms with E-state index < -0.39 is 0 Å². The normalized spacial score (nSPS) is 15.5. The smallest absolute Gasteiger partial charge is 0.407 e. The Morgan fingerprint density at radius 1 is 1.16 bits per heavy atom. The van der Waals surface area contributed by atoms with Crippen molar-refractivity contribution in [1.29, 1.82) is 0 Å². The Balaban J connectivity index is 1.52. The molecule has 2 amide bonds. The number of unbranched alkanes of at least 4 members (excludes halogenated alkanes) is 2. The van der Waals surface area contributed by atoms with E-state index in [4.69, 9.17) is 4.74 Å². The molecule has 1 aliphatic rings. The fraction of sp³-hybridized carbons (Fsp3) is 0.579. The lowest BCUT2D eigenvalue weighted by Crippen LogP contribution is -2.44. The van der Waals surface area contributed by atoms with E-state index in [1.165, 1.54) is 5.56 Å². The number of nitrogens with one attached hydrogen (secondary N) is 2. The van der Waals surface area contributed by atoms with Crippen molar-refractivity contribution in [2.45, 2.75) is 44.7 Å². The van der Waals surface area contributed by atoms with Crippen molar-refractivity contribution in [3.63, 3.8) is 0 Å². The molecule has 2 N–H and O–H groups in total. The molecular formula is C19H29N3O3. The van der Waals surface area contributed by atoms with Crippen LogP contribution < -0.4 is 10.6 Å². The highest BCUT2D eigenvalue weighted by Gasteiger charge is 2.21. The largest absolute Gasteiger partial charge is 0.450 e. The van der Waals surface area contributed by atoms with Crippen molar-refractivity contribution in [2.24, 2.45) is 0 Å². The van der Waals surface area contributed by atoms with Crippen LogP contribution in [0.25, 0.3) is 0 Å². The zero-order chi connectivity index (χ0) is 17.7. The Morgan fingerprint density at radius 3 is 2.64 bits per heavy atom. The van der Waals surface area contributed by atoms with Gasteiger partial charge in [-0.2, -0.15) is 0 Å². The predicted molar refractivity (Wildman–Crippen MR) is 97.1 cm³/mol. The van der Waals surface area contributed by atoms with Gasteiger partial charge < -0.3 is 15.4 Å². The van der Waals surface area contributed by atoms with Gasteiger partial charge in [-0.3, -0.25) is 9.69 Å². The third kappa shape index (κ3) is 8.03. The molecule has 0 unspecified atom stereocenters. The van der Waals surface area contributed by atoms with E-state index in [1.54, 1.807) is 0 Å². The van der Waals surface area contributed by atoms with Gasteiger partial charge in [0.25, 0.3) is 0 Å². The average molecular weight is 347 g/mol. The molecule has 0 radical (unpaired) electrons. The SMILES string of the molecule is O=CNCCCCCOC(=O)NC1CCN(Cc2ccccc2)CC1. The molecule has 0 aromatic heterocycles. The van der Waals surface area contributed by atoms with Gasteiger partial charge in [-0.05, 0) is 37.7 Å². The van der Waals surface area contributed by atoms with E-state index >= 15 is 0 Å². The average Bonchev–Trinajstić information content (AvgIpc) is 2.63. The van der Waals surface area contributed by atoms with Gasteiger partial charge in [-0.1, -0.05) is 30.3 Å². The Labute approximate surface area is 149 Å². The summed E-state index contributed by atoms with van der Waals surface area (Å²) in [7, 11) is 0. The fourth-order valence-electron chi connectivity index (χ4n) is 3.02. The van der Waals surface area contributed by atoms with Crippen molar-refractivity contribution in [3.8, 4) is 0 Å². The molecule has 1 aliphatic heterocycles. The third-order valence-corrected chi connectivity index (χ3v) is 4.44. The van der Waals surface area contributed by atoms with Gasteiger partial charge in [0.05, 0.1) is 6.61 Å². The van der Waals surface area contributed by atoms with Crippen molar-refractivity contribution in [2.75, 3.05) is 26.2 Å². The van der Waals surface area contributed by atoms with E-state index in [9.17, 15) is 9.59 Å². The molecule has 0 atom stereocenters. The van der Waals surface area contributed by atoms with Gasteiger partial charge in [-0.25, -0.2) is 4.79 Å². The van der Waals surface area contributed by atoms with E-state index in [-0.39, 0.29) is 12.1 Å². The summed E-state index contributed by atoms with van der Waals surface area (Å²) in [5, 5.41) is 5.58. The summed E-state index contributed by atoms with van der Waals surface area (Å²) >= 11 is 0. The second kappa shape index (κ2) is 11.5. The highest BCUT2D eigenvalue weighted by molar-refractivity contribution is 5.67. The van der Waals surface area contributed by atoms with Crippen molar-refractivity contribution in [3.05, 3.63) is 35.9 Å². The lowest BCUT2D eigenvalue weighted by Gasteiger charge is -2.32. The molecule has 0 spiro atoms. The van der Waals surface area contributed by atoms with Gasteiger partial charge in [-0.15, -0.1) is 0 Å². The van der Waals surface area contributed by atoms with Crippen LogP contribution in [-0.4, -0.2) is 49.7 Å². The first-order valence-corrected chi connectivity index (χ1v) is 9.14. The van der Waals surface area contributed by atoms with Crippen LogP contribution in [-0.2, 0) is 16.1 Å². The number of carbonyl (C=O) groups is 2. The zero-order valence-corrected chi connectivity index (χ0v) is 14.8. The molecule has 1 saturated heterocycles. The molecular weight excluding hydrogens is 318 g/mol. The number of carbonyl (C=O) groups excluding carboxylic acids is 2. The molecule has 1 aromatic rings. The first kappa shape index (κ1) is 19.2. The Bertz CT molecular complexity index is 502. The van der Waals surface area contributed by atoms with E-state index in [1.807, 2.05) is 6.07 Å². The van der Waals surface area contributed by atoms with Crippen molar-refractivity contribution >= 4 is 12.5 Å². The van der Waals surface area contributed by atoms with Crippen LogP contribution in [0.4, 0.5) is 4.79 Å². The first-order valence-electron chi connectivity index (χ1n) is 9.14. The van der Waals surface area contributed by atoms with E-state index in [0.717, 1.165) is 51.7 Å². The number of rotatable bonds is 10. The quantitative estimate of drug-likeness (QED) is 0.503. The van der Waals surface area contributed by atoms with Crippen LogP contribution in [0.15, 0.2) is 30.3 Å². The number of hydrogen-bond donors (Lipinski definition) is 2. The molecule has 6 nitrogen and oxygen atoms in total. The summed E-state index contributed by atoms with van der Waals surface area (Å²) in [6.07, 6.45) is 4.97. The van der Waals surface area contributed by atoms with Gasteiger partial charge in [0, 0.05) is 32.2 Å². The lowest BCUT2D eigenvalue weighted by atomic mass is 10.0. The number of alkyl carbamates (subject to hydrolysis) is 1. The Kier molecular flexibility index (Phi) is 8.83. The maximum atomic E-state index is 11.8. The van der Waals surface area contributed by atoms with Crippen LogP contribution in [0.1, 0.15) is 37.7 Å². The number of likely N-dealkylation sites (tertiary alicyclic amines) is 1. The van der Waals surface area contributed by atoms with Crippen LogP contribution >= 0.6 is 0 Å². The number of amides is 2. The second-order valence-corrected chi connectivity index (χ2v) is 6.45. The highest BCUT2D eigenvalue weighted by Crippen LogP contribution is 2.14. The standard InChI is InChI=1S/C19H29N3O3/c23-16-20-11-5-2-6-14-25-19(24)21-18-9-12-22(13-10-18)15-17-7-3-1-4-8-17/h1,3-4,7-8,16,18H,2,5-6,9-15H2,(H,20,23)(H,21,24). The molecule has 0 bridgehead atoms. The maximum Gasteiger partial charge on any atom is 0.407 e. The molecule has 25 heavy (non-hydrogen) atoms. The van der Waals surface area contributed by atoms with Gasteiger partial charge in [0.1, 0.15) is 0 Å². The summed E-state index contributed by atoms with van der Waals surface area (Å²) < 4.78 is 5.22. The molecule has 1 fully saturated rings. The Hall–Kier alpha value is -2.08. The summed E-state index contributed by atoms with van der Waals surface area (Å²) in [6, 6.07) is 10.7. The Morgan fingerprint density at radius 2 is 1.92 bits per heavy atom. The number of benzene rings is 1. The van der Waals surface area contributed by atoms with Crippen LogP contribution in [0.5, 0.6) is 0 Å². The molecule has 0 aliphatic carbocycles. The first-order chi connectivity index (χ1) is 12.3. The summed E-state index contributed by atoms with van der Waals surface area (Å²) in [5.74, 6) is 0. The van der Waals surface area contributed by atoms with Crippen LogP contribution in [0.2, 0.25) is 0 Å². The predicted octanol–water partition coefficient (Wildman–Crippen LogP) is 2.29. The number of hydrogen-bond acceptors (Lipinski definition) is 4. The molecule has 1 aromatic carbocycles. The van der Waals surface area contributed by atoms with Gasteiger partial charge >= 0.3 is 6.09 Å². The number of ether oxygens (including phenoxy) is 1. The minimum atomic E-state index is -0.312. The minimum Gasteiger partial charge on any atom is -0.450 e. The van der Waals surface area contributed by atoms with E-state index in [0.29, 0.717) is 19.6 Å². The highest BCUT2D eigenvalue weighted by atomic mass is 16.5. The monoisotopic (exact) mass is 347 g/mol. The van der Waals surface area contributed by atoms with Crippen molar-refractivity contribution in [1.82, 2.24) is 15.5 Å². The number of nitrogens with zero attached hydrogens (tertiary/aromatic N) is 1. The minimum absolute atomic E-state index is 0.205. The van der Waals surface area contributed by atoms with Crippen molar-refractivity contribution < 1.29 is 14.3 Å². The summed E-state index contributed by atoms with van der Waals surface area (Å²) in [4.78, 5) is 24.3. The zero-order valence-electron chi connectivity index (χ0n) is 14.8. The molecule has 0 saturated carbocycles. The fourth-order valence-corrected chi connectivity index (χ4v) is 3.02. The summed E-state index contributed by atoms with van der Waals surface area (Å²) in [6.45, 7) is 4.06. The van der Waals surface area contributed by atoms with E-state index in [2.05, 4.69) is 39.8 Å². The maximum absolute atomic E-state index is 11.8. The van der Waals surface area contributed by atoms with Crippen LogP contribution in [0.3, 0.4) is 0 Å².